The summed E-state index contributed by atoms with van der Waals surface area (Å²) in [7, 11) is -3.90. The Hall–Kier alpha value is -2.62. The third-order valence-electron chi connectivity index (χ3n) is 4.34. The number of nitrogens with zero attached hydrogens (tertiary/aromatic N) is 2. The number of sulfonamides is 1. The number of anilines is 1. The molecule has 1 heterocycles. The standard InChI is InChI=1S/C21H24N4O3S2/c1-14(2)12-18(16-9-5-4-6-10-16)25-30(27,28)21-24-23-20(29-21)22-19(26)17-11-7-8-15(3)13-17/h4-11,13-14,18,25H,12H2,1-3H3,(H,22,23,26)/t18-/m1/s1. The average molecular weight is 445 g/mol. The van der Waals surface area contributed by atoms with E-state index in [1.165, 1.54) is 0 Å². The monoisotopic (exact) mass is 444 g/mol. The van der Waals surface area contributed by atoms with Gasteiger partial charge >= 0.3 is 0 Å². The van der Waals surface area contributed by atoms with Gasteiger partial charge in [0.05, 0.1) is 0 Å². The highest BCUT2D eigenvalue weighted by atomic mass is 32.2. The van der Waals surface area contributed by atoms with Gasteiger partial charge < -0.3 is 0 Å². The summed E-state index contributed by atoms with van der Waals surface area (Å²) in [5.74, 6) is -0.0785. The molecule has 2 N–H and O–H groups in total. The Morgan fingerprint density at radius 3 is 2.47 bits per heavy atom. The van der Waals surface area contributed by atoms with Crippen LogP contribution >= 0.6 is 11.3 Å². The van der Waals surface area contributed by atoms with Crippen LogP contribution in [0.3, 0.4) is 0 Å². The van der Waals surface area contributed by atoms with Crippen molar-refractivity contribution in [3.8, 4) is 0 Å². The first-order valence-corrected chi connectivity index (χ1v) is 11.8. The van der Waals surface area contributed by atoms with E-state index in [9.17, 15) is 13.2 Å². The topological polar surface area (TPSA) is 101 Å². The van der Waals surface area contributed by atoms with Gasteiger partial charge in [-0.3, -0.25) is 10.1 Å². The number of carbonyl (C=O) groups is 1. The van der Waals surface area contributed by atoms with Crippen molar-refractivity contribution in [3.63, 3.8) is 0 Å². The van der Waals surface area contributed by atoms with Gasteiger partial charge in [0.25, 0.3) is 15.9 Å². The SMILES string of the molecule is Cc1cccc(C(=O)Nc2nnc(S(=O)(=O)N[C@H](CC(C)C)c3ccccc3)s2)c1. The number of hydrogen-bond donors (Lipinski definition) is 2. The van der Waals surface area contributed by atoms with E-state index in [4.69, 9.17) is 0 Å². The van der Waals surface area contributed by atoms with Crippen LogP contribution < -0.4 is 10.0 Å². The molecule has 0 aliphatic carbocycles. The zero-order valence-corrected chi connectivity index (χ0v) is 18.6. The van der Waals surface area contributed by atoms with Crippen LogP contribution in [0.25, 0.3) is 0 Å². The lowest BCUT2D eigenvalue weighted by Gasteiger charge is -2.20. The number of aryl methyl sites for hydroxylation is 1. The van der Waals surface area contributed by atoms with Crippen LogP contribution in [0.2, 0.25) is 0 Å². The summed E-state index contributed by atoms with van der Waals surface area (Å²) < 4.78 is 28.3. The van der Waals surface area contributed by atoms with Gasteiger partial charge in [-0.2, -0.15) is 0 Å². The smallest absolute Gasteiger partial charge is 0.270 e. The van der Waals surface area contributed by atoms with Crippen molar-refractivity contribution in [1.82, 2.24) is 14.9 Å². The fraction of sp³-hybridized carbons (Fsp3) is 0.286. The molecule has 30 heavy (non-hydrogen) atoms. The van der Waals surface area contributed by atoms with Crippen LogP contribution in [-0.4, -0.2) is 24.5 Å². The van der Waals surface area contributed by atoms with Crippen molar-refractivity contribution in [2.75, 3.05) is 5.32 Å². The van der Waals surface area contributed by atoms with Gasteiger partial charge in [0.15, 0.2) is 0 Å². The molecule has 0 fully saturated rings. The summed E-state index contributed by atoms with van der Waals surface area (Å²) in [5, 5.41) is 10.3. The van der Waals surface area contributed by atoms with Crippen molar-refractivity contribution in [3.05, 3.63) is 71.3 Å². The van der Waals surface area contributed by atoms with Crippen molar-refractivity contribution >= 4 is 32.4 Å². The molecule has 0 radical (unpaired) electrons. The number of amides is 1. The number of aromatic nitrogens is 2. The molecule has 0 bridgehead atoms. The van der Waals surface area contributed by atoms with E-state index < -0.39 is 10.0 Å². The molecular weight excluding hydrogens is 420 g/mol. The molecule has 0 aliphatic rings. The van der Waals surface area contributed by atoms with Crippen LogP contribution in [0.5, 0.6) is 0 Å². The Balaban J connectivity index is 1.76. The lowest BCUT2D eigenvalue weighted by Crippen LogP contribution is -2.29. The summed E-state index contributed by atoms with van der Waals surface area (Å²) in [5.41, 5.74) is 2.30. The van der Waals surface area contributed by atoms with Gasteiger partial charge in [-0.1, -0.05) is 73.2 Å². The Labute approximate surface area is 180 Å². The number of benzene rings is 2. The third kappa shape index (κ3) is 5.71. The van der Waals surface area contributed by atoms with Gasteiger partial charge in [0, 0.05) is 11.6 Å². The molecule has 2 aromatic carbocycles. The fourth-order valence-corrected chi connectivity index (χ4v) is 5.12. The summed E-state index contributed by atoms with van der Waals surface area (Å²) in [4.78, 5) is 12.4. The van der Waals surface area contributed by atoms with Gasteiger partial charge in [0.1, 0.15) is 0 Å². The summed E-state index contributed by atoms with van der Waals surface area (Å²) in [6, 6.07) is 16.1. The molecule has 0 saturated heterocycles. The van der Waals surface area contributed by atoms with E-state index in [2.05, 4.69) is 20.2 Å². The normalized spacial score (nSPS) is 12.7. The molecule has 1 amide bonds. The quantitative estimate of drug-likeness (QED) is 0.508. The number of carbonyl (C=O) groups excluding carboxylic acids is 1. The van der Waals surface area contributed by atoms with Crippen LogP contribution in [-0.2, 0) is 10.0 Å². The maximum atomic E-state index is 12.9. The first kappa shape index (κ1) is 22.1. The summed E-state index contributed by atoms with van der Waals surface area (Å²) in [6.45, 7) is 5.96. The molecule has 7 nitrogen and oxygen atoms in total. The second-order valence-corrected chi connectivity index (χ2v) is 10.3. The van der Waals surface area contributed by atoms with Crippen LogP contribution in [0.4, 0.5) is 5.13 Å². The first-order valence-electron chi connectivity index (χ1n) is 9.53. The van der Waals surface area contributed by atoms with Gasteiger partial charge in [0.2, 0.25) is 9.47 Å². The minimum atomic E-state index is -3.90. The number of rotatable bonds is 8. The minimum Gasteiger partial charge on any atom is -0.296 e. The largest absolute Gasteiger partial charge is 0.296 e. The molecule has 1 aromatic heterocycles. The highest BCUT2D eigenvalue weighted by Crippen LogP contribution is 2.26. The van der Waals surface area contributed by atoms with E-state index in [0.29, 0.717) is 12.0 Å². The van der Waals surface area contributed by atoms with E-state index in [1.54, 1.807) is 18.2 Å². The molecule has 3 rings (SSSR count). The second-order valence-electron chi connectivity index (χ2n) is 7.41. The van der Waals surface area contributed by atoms with Crippen molar-refractivity contribution < 1.29 is 13.2 Å². The summed E-state index contributed by atoms with van der Waals surface area (Å²) >= 11 is 0.818. The molecule has 3 aromatic rings. The number of nitrogens with one attached hydrogen (secondary N) is 2. The maximum Gasteiger partial charge on any atom is 0.270 e. The van der Waals surface area contributed by atoms with Crippen LogP contribution in [0.1, 0.15) is 47.8 Å². The third-order valence-corrected chi connectivity index (χ3v) is 7.02. The molecule has 9 heteroatoms. The predicted molar refractivity (Wildman–Crippen MR) is 118 cm³/mol. The molecule has 0 saturated carbocycles. The van der Waals surface area contributed by atoms with Crippen LogP contribution in [0.15, 0.2) is 58.9 Å². The second kappa shape index (κ2) is 9.46. The predicted octanol–water partition coefficient (Wildman–Crippen LogP) is 4.16. The van der Waals surface area contributed by atoms with Crippen molar-refractivity contribution in [2.24, 2.45) is 5.92 Å². The molecule has 0 aliphatic heterocycles. The van der Waals surface area contributed by atoms with E-state index in [1.807, 2.05) is 57.2 Å². The molecule has 0 unspecified atom stereocenters. The molecule has 158 valence electrons. The average Bonchev–Trinajstić information content (AvgIpc) is 3.17. The van der Waals surface area contributed by atoms with E-state index >= 15 is 0 Å². The van der Waals surface area contributed by atoms with E-state index in [0.717, 1.165) is 22.5 Å². The Morgan fingerprint density at radius 2 is 1.80 bits per heavy atom. The van der Waals surface area contributed by atoms with Gasteiger partial charge in [-0.05, 0) is 37.0 Å². The molecule has 0 spiro atoms. The summed E-state index contributed by atoms with van der Waals surface area (Å²) in [6.07, 6.45) is 0.638. The lowest BCUT2D eigenvalue weighted by atomic mass is 9.98. The zero-order valence-electron chi connectivity index (χ0n) is 17.0. The highest BCUT2D eigenvalue weighted by Gasteiger charge is 2.26. The van der Waals surface area contributed by atoms with Gasteiger partial charge in [-0.25, -0.2) is 13.1 Å². The Morgan fingerprint density at radius 1 is 1.07 bits per heavy atom. The van der Waals surface area contributed by atoms with Gasteiger partial charge in [-0.15, -0.1) is 10.2 Å². The zero-order chi connectivity index (χ0) is 21.7. The Kier molecular flexibility index (Phi) is 6.96. The minimum absolute atomic E-state index is 0.127. The van der Waals surface area contributed by atoms with E-state index in [-0.39, 0.29) is 27.3 Å². The molecular formula is C21H24N4O3S2. The number of hydrogen-bond acceptors (Lipinski definition) is 6. The lowest BCUT2D eigenvalue weighted by molar-refractivity contribution is 0.102. The fourth-order valence-electron chi connectivity index (χ4n) is 2.97. The van der Waals surface area contributed by atoms with Crippen molar-refractivity contribution in [2.45, 2.75) is 37.6 Å². The maximum absolute atomic E-state index is 12.9. The Bertz CT molecular complexity index is 1110. The first-order chi connectivity index (χ1) is 14.2. The van der Waals surface area contributed by atoms with Crippen LogP contribution in [0, 0.1) is 12.8 Å². The van der Waals surface area contributed by atoms with Crippen molar-refractivity contribution in [1.29, 1.82) is 0 Å². The highest BCUT2D eigenvalue weighted by molar-refractivity contribution is 7.91. The molecule has 1 atom stereocenters.